The number of nitrogens with zero attached hydrogens (tertiary/aromatic N) is 2. The molecule has 0 unspecified atom stereocenters. The zero-order valence-electron chi connectivity index (χ0n) is 16.7. The normalized spacial score (nSPS) is 11.8. The molecule has 5 nitrogen and oxygen atoms in total. The van der Waals surface area contributed by atoms with E-state index < -0.39 is 0 Å². The highest BCUT2D eigenvalue weighted by Gasteiger charge is 2.22. The molecule has 1 heterocycles. The Balaban J connectivity index is 2.19. The fourth-order valence-corrected chi connectivity index (χ4v) is 2.69. The first-order valence-electron chi connectivity index (χ1n) is 9.15. The van der Waals surface area contributed by atoms with Gasteiger partial charge in [0.05, 0.1) is 23.9 Å². The molecule has 0 N–H and O–H groups in total. The van der Waals surface area contributed by atoms with Gasteiger partial charge in [0.15, 0.2) is 0 Å². The molecule has 0 fully saturated rings. The number of rotatable bonds is 7. The summed E-state index contributed by atoms with van der Waals surface area (Å²) >= 11 is 0. The van der Waals surface area contributed by atoms with E-state index in [1.54, 1.807) is 6.20 Å². The lowest BCUT2D eigenvalue weighted by molar-refractivity contribution is 0.134. The second kappa shape index (κ2) is 8.49. The summed E-state index contributed by atoms with van der Waals surface area (Å²) in [7, 11) is 0. The predicted molar refractivity (Wildman–Crippen MR) is 104 cm³/mol. The number of aromatic nitrogens is 2. The molecule has 0 aliphatic rings. The van der Waals surface area contributed by atoms with Gasteiger partial charge in [0.1, 0.15) is 12.4 Å². The molecule has 0 atom stereocenters. The van der Waals surface area contributed by atoms with Crippen molar-refractivity contribution in [3.8, 4) is 5.75 Å². The van der Waals surface area contributed by atoms with Gasteiger partial charge in [-0.1, -0.05) is 38.1 Å². The molecular formula is C21H30N2O3. The highest BCUT2D eigenvalue weighted by atomic mass is 16.5. The van der Waals surface area contributed by atoms with Gasteiger partial charge < -0.3 is 9.47 Å². The molecule has 26 heavy (non-hydrogen) atoms. The molecule has 0 saturated heterocycles. The lowest BCUT2D eigenvalue weighted by atomic mass is 10.0. The summed E-state index contributed by atoms with van der Waals surface area (Å²) in [6, 6.07) is 8.11. The van der Waals surface area contributed by atoms with E-state index >= 15 is 0 Å². The zero-order valence-corrected chi connectivity index (χ0v) is 16.7. The van der Waals surface area contributed by atoms with Crippen molar-refractivity contribution in [2.24, 2.45) is 0 Å². The second-order valence-electron chi connectivity index (χ2n) is 7.71. The van der Waals surface area contributed by atoms with Crippen LogP contribution < -0.4 is 10.3 Å². The average molecular weight is 358 g/mol. The molecule has 2 aromatic rings. The van der Waals surface area contributed by atoms with E-state index in [1.807, 2.05) is 65.8 Å². The Bertz CT molecular complexity index is 771. The predicted octanol–water partition coefficient (Wildman–Crippen LogP) is 4.24. The average Bonchev–Trinajstić information content (AvgIpc) is 2.57. The maximum Gasteiger partial charge on any atom is 0.274 e. The minimum Gasteiger partial charge on any atom is -0.487 e. The van der Waals surface area contributed by atoms with Gasteiger partial charge in [-0.25, -0.2) is 4.68 Å². The summed E-state index contributed by atoms with van der Waals surface area (Å²) in [5.74, 6) is 0.617. The lowest BCUT2D eigenvalue weighted by Gasteiger charge is -2.23. The van der Waals surface area contributed by atoms with E-state index in [0.29, 0.717) is 31.1 Å². The van der Waals surface area contributed by atoms with E-state index in [1.165, 1.54) is 4.68 Å². The summed E-state index contributed by atoms with van der Waals surface area (Å²) in [6.07, 6.45) is 1.66. The summed E-state index contributed by atoms with van der Waals surface area (Å²) in [6.45, 7) is 13.6. The second-order valence-corrected chi connectivity index (χ2v) is 7.71. The zero-order chi connectivity index (χ0) is 19.3. The van der Waals surface area contributed by atoms with Crippen molar-refractivity contribution in [1.29, 1.82) is 0 Å². The van der Waals surface area contributed by atoms with Gasteiger partial charge in [0.2, 0.25) is 0 Å². The quantitative estimate of drug-likeness (QED) is 0.743. The standard InChI is InChI=1S/C21H30N2O3/c1-7-25-13-16-8-10-17(11-9-16)14-26-18-12-22-23(21(4,5)6)20(24)19(18)15(2)3/h8-12,15H,7,13-14H2,1-6H3. The summed E-state index contributed by atoms with van der Waals surface area (Å²) in [5, 5.41) is 4.32. The third kappa shape index (κ3) is 4.94. The first kappa shape index (κ1) is 20.2. The number of benzene rings is 1. The third-order valence-corrected chi connectivity index (χ3v) is 4.08. The van der Waals surface area contributed by atoms with Crippen LogP contribution in [-0.4, -0.2) is 16.4 Å². The third-order valence-electron chi connectivity index (χ3n) is 4.08. The van der Waals surface area contributed by atoms with E-state index in [9.17, 15) is 4.79 Å². The molecule has 0 spiro atoms. The lowest BCUT2D eigenvalue weighted by Crippen LogP contribution is -2.38. The molecule has 2 rings (SSSR count). The SMILES string of the molecule is CCOCc1ccc(COc2cnn(C(C)(C)C)c(=O)c2C(C)C)cc1. The van der Waals surface area contributed by atoms with Crippen LogP contribution >= 0.6 is 0 Å². The van der Waals surface area contributed by atoms with Crippen LogP contribution in [-0.2, 0) is 23.5 Å². The van der Waals surface area contributed by atoms with Crippen molar-refractivity contribution in [3.63, 3.8) is 0 Å². The van der Waals surface area contributed by atoms with Crippen LogP contribution in [0, 0.1) is 0 Å². The number of hydrogen-bond donors (Lipinski definition) is 0. The van der Waals surface area contributed by atoms with Gasteiger partial charge in [-0.3, -0.25) is 4.79 Å². The fraction of sp³-hybridized carbons (Fsp3) is 0.524. The van der Waals surface area contributed by atoms with Gasteiger partial charge in [0.25, 0.3) is 5.56 Å². The van der Waals surface area contributed by atoms with Crippen molar-refractivity contribution in [3.05, 3.63) is 57.5 Å². The Kier molecular flexibility index (Phi) is 6.59. The monoisotopic (exact) mass is 358 g/mol. The van der Waals surface area contributed by atoms with Gasteiger partial charge in [-0.05, 0) is 44.7 Å². The first-order valence-corrected chi connectivity index (χ1v) is 9.15. The van der Waals surface area contributed by atoms with E-state index in [2.05, 4.69) is 5.10 Å². The molecule has 0 aliphatic carbocycles. The Morgan fingerprint density at radius 2 is 1.65 bits per heavy atom. The van der Waals surface area contributed by atoms with E-state index in [0.717, 1.165) is 11.1 Å². The largest absolute Gasteiger partial charge is 0.487 e. The maximum absolute atomic E-state index is 12.8. The topological polar surface area (TPSA) is 53.4 Å². The minimum atomic E-state index is -0.365. The Morgan fingerprint density at radius 1 is 1.08 bits per heavy atom. The fourth-order valence-electron chi connectivity index (χ4n) is 2.69. The minimum absolute atomic E-state index is 0.0580. The van der Waals surface area contributed by atoms with Crippen LogP contribution in [0.1, 0.15) is 64.2 Å². The Morgan fingerprint density at radius 3 is 2.15 bits per heavy atom. The molecule has 0 bridgehead atoms. The first-order chi connectivity index (χ1) is 12.2. The van der Waals surface area contributed by atoms with Gasteiger partial charge in [-0.2, -0.15) is 5.10 Å². The maximum atomic E-state index is 12.8. The molecule has 1 aromatic carbocycles. The molecule has 5 heteroatoms. The van der Waals surface area contributed by atoms with Crippen molar-refractivity contribution >= 4 is 0 Å². The summed E-state index contributed by atoms with van der Waals surface area (Å²) in [5.41, 5.74) is 2.39. The molecule has 1 aromatic heterocycles. The van der Waals surface area contributed by atoms with Crippen molar-refractivity contribution in [2.75, 3.05) is 6.61 Å². The van der Waals surface area contributed by atoms with Crippen molar-refractivity contribution < 1.29 is 9.47 Å². The van der Waals surface area contributed by atoms with Crippen LogP contribution in [0.25, 0.3) is 0 Å². The molecular weight excluding hydrogens is 328 g/mol. The van der Waals surface area contributed by atoms with Gasteiger partial charge in [0, 0.05) is 6.61 Å². The number of hydrogen-bond acceptors (Lipinski definition) is 4. The van der Waals surface area contributed by atoms with Gasteiger partial charge >= 0.3 is 0 Å². The van der Waals surface area contributed by atoms with Gasteiger partial charge in [-0.15, -0.1) is 0 Å². The highest BCUT2D eigenvalue weighted by molar-refractivity contribution is 5.32. The van der Waals surface area contributed by atoms with Crippen LogP contribution in [0.3, 0.4) is 0 Å². The van der Waals surface area contributed by atoms with E-state index in [4.69, 9.17) is 9.47 Å². The van der Waals surface area contributed by atoms with Crippen molar-refractivity contribution in [1.82, 2.24) is 9.78 Å². The van der Waals surface area contributed by atoms with Crippen LogP contribution in [0.15, 0.2) is 35.3 Å². The Hall–Kier alpha value is -2.14. The highest BCUT2D eigenvalue weighted by Crippen LogP contribution is 2.24. The smallest absolute Gasteiger partial charge is 0.274 e. The Labute approximate surface area is 156 Å². The summed E-state index contributed by atoms with van der Waals surface area (Å²) < 4.78 is 12.9. The molecule has 0 radical (unpaired) electrons. The molecule has 0 amide bonds. The van der Waals surface area contributed by atoms with Crippen molar-refractivity contribution in [2.45, 2.75) is 66.2 Å². The van der Waals surface area contributed by atoms with E-state index in [-0.39, 0.29) is 17.0 Å². The molecule has 0 aliphatic heterocycles. The molecule has 0 saturated carbocycles. The van der Waals surface area contributed by atoms with Crippen LogP contribution in [0.5, 0.6) is 5.75 Å². The van der Waals surface area contributed by atoms with Crippen LogP contribution in [0.2, 0.25) is 0 Å². The summed E-state index contributed by atoms with van der Waals surface area (Å²) in [4.78, 5) is 12.8. The number of ether oxygens (including phenoxy) is 2. The molecule has 142 valence electrons. The van der Waals surface area contributed by atoms with Crippen LogP contribution in [0.4, 0.5) is 0 Å².